The van der Waals surface area contributed by atoms with Gasteiger partial charge in [0.1, 0.15) is 11.5 Å². The van der Waals surface area contributed by atoms with E-state index in [2.05, 4.69) is 4.99 Å². The van der Waals surface area contributed by atoms with E-state index >= 15 is 0 Å². The normalized spacial score (nSPS) is 19.4. The van der Waals surface area contributed by atoms with Crippen LogP contribution in [-0.2, 0) is 14.3 Å². The minimum Gasteiger partial charge on any atom is -0.497 e. The van der Waals surface area contributed by atoms with E-state index in [9.17, 15) is 9.59 Å². The van der Waals surface area contributed by atoms with Crippen LogP contribution in [0.25, 0.3) is 0 Å². The number of carbonyl (C=O) groups is 2. The lowest BCUT2D eigenvalue weighted by molar-refractivity contribution is -0.150. The van der Waals surface area contributed by atoms with Gasteiger partial charge in [-0.05, 0) is 43.3 Å². The molecule has 1 aliphatic rings. The summed E-state index contributed by atoms with van der Waals surface area (Å²) in [5, 5.41) is 0. The minimum atomic E-state index is -1.73. The van der Waals surface area contributed by atoms with Crippen molar-refractivity contribution < 1.29 is 23.8 Å². The van der Waals surface area contributed by atoms with E-state index in [-0.39, 0.29) is 5.90 Å². The summed E-state index contributed by atoms with van der Waals surface area (Å²) >= 11 is 0. The first-order valence-corrected chi connectivity index (χ1v) is 7.27. The Labute approximate surface area is 138 Å². The fourth-order valence-corrected chi connectivity index (χ4v) is 2.14. The van der Waals surface area contributed by atoms with Crippen LogP contribution < -0.4 is 9.47 Å². The predicted molar refractivity (Wildman–Crippen MR) is 86.1 cm³/mol. The zero-order valence-electron chi connectivity index (χ0n) is 13.2. The lowest BCUT2D eigenvalue weighted by atomic mass is 10.1. The topological polar surface area (TPSA) is 74.2 Å². The van der Waals surface area contributed by atoms with E-state index in [0.29, 0.717) is 17.1 Å². The molecule has 122 valence electrons. The first-order chi connectivity index (χ1) is 11.5. The first-order valence-electron chi connectivity index (χ1n) is 7.27. The van der Waals surface area contributed by atoms with Gasteiger partial charge >= 0.3 is 11.9 Å². The van der Waals surface area contributed by atoms with E-state index in [0.717, 1.165) is 0 Å². The number of para-hydroxylation sites is 1. The molecule has 24 heavy (non-hydrogen) atoms. The highest BCUT2D eigenvalue weighted by Gasteiger charge is 2.50. The number of aliphatic imine (C=N–C) groups is 1. The Morgan fingerprint density at radius 3 is 2.33 bits per heavy atom. The molecule has 0 saturated heterocycles. The van der Waals surface area contributed by atoms with Gasteiger partial charge in [-0.2, -0.15) is 0 Å². The molecule has 0 fully saturated rings. The molecule has 0 bridgehead atoms. The summed E-state index contributed by atoms with van der Waals surface area (Å²) in [6, 6.07) is 15.3. The van der Waals surface area contributed by atoms with Crippen LogP contribution in [0.15, 0.2) is 59.6 Å². The van der Waals surface area contributed by atoms with Crippen LogP contribution in [0.2, 0.25) is 0 Å². The van der Waals surface area contributed by atoms with Gasteiger partial charge in [0.05, 0.1) is 7.11 Å². The van der Waals surface area contributed by atoms with Crippen LogP contribution >= 0.6 is 0 Å². The molecule has 2 aromatic rings. The molecular weight excluding hydrogens is 310 g/mol. The first kappa shape index (κ1) is 15.7. The van der Waals surface area contributed by atoms with Gasteiger partial charge in [0, 0.05) is 5.56 Å². The number of methoxy groups -OCH3 is 1. The molecule has 0 aromatic heterocycles. The van der Waals surface area contributed by atoms with Gasteiger partial charge < -0.3 is 14.2 Å². The van der Waals surface area contributed by atoms with Gasteiger partial charge in [0.25, 0.3) is 5.54 Å². The number of benzene rings is 2. The number of esters is 2. The maximum absolute atomic E-state index is 12.4. The summed E-state index contributed by atoms with van der Waals surface area (Å²) in [7, 11) is 1.55. The quantitative estimate of drug-likeness (QED) is 0.490. The van der Waals surface area contributed by atoms with E-state index in [4.69, 9.17) is 14.2 Å². The maximum atomic E-state index is 12.4. The fraction of sp³-hybridized carbons (Fsp3) is 0.167. The summed E-state index contributed by atoms with van der Waals surface area (Å²) in [6.07, 6.45) is 0. The number of carbonyl (C=O) groups excluding carboxylic acids is 2. The van der Waals surface area contributed by atoms with Crippen molar-refractivity contribution >= 4 is 17.8 Å². The Balaban J connectivity index is 1.84. The van der Waals surface area contributed by atoms with Crippen LogP contribution in [0.4, 0.5) is 0 Å². The highest BCUT2D eigenvalue weighted by Crippen LogP contribution is 2.26. The summed E-state index contributed by atoms with van der Waals surface area (Å²) in [5.41, 5.74) is -1.16. The molecule has 0 radical (unpaired) electrons. The second kappa shape index (κ2) is 6.16. The maximum Gasteiger partial charge on any atom is 0.352 e. The number of rotatable bonds is 4. The zero-order chi connectivity index (χ0) is 17.2. The number of cyclic esters (lactones) is 1. The molecule has 1 aliphatic heterocycles. The smallest absolute Gasteiger partial charge is 0.352 e. The molecule has 0 unspecified atom stereocenters. The molecule has 0 spiro atoms. The van der Waals surface area contributed by atoms with Gasteiger partial charge in [0.2, 0.25) is 5.90 Å². The molecule has 0 amide bonds. The average Bonchev–Trinajstić information content (AvgIpc) is 2.92. The average molecular weight is 325 g/mol. The minimum absolute atomic E-state index is 0.0789. The number of hydrogen-bond acceptors (Lipinski definition) is 6. The molecule has 1 atom stereocenters. The zero-order valence-corrected chi connectivity index (χ0v) is 13.2. The van der Waals surface area contributed by atoms with Crippen LogP contribution in [-0.4, -0.2) is 30.5 Å². The van der Waals surface area contributed by atoms with Crippen LogP contribution in [0.1, 0.15) is 12.5 Å². The second-order valence-corrected chi connectivity index (χ2v) is 5.31. The third-order valence-electron chi connectivity index (χ3n) is 3.60. The van der Waals surface area contributed by atoms with Crippen LogP contribution in [0.5, 0.6) is 11.5 Å². The summed E-state index contributed by atoms with van der Waals surface area (Å²) in [5.74, 6) is -0.480. The third-order valence-corrected chi connectivity index (χ3v) is 3.60. The van der Waals surface area contributed by atoms with Crippen molar-refractivity contribution in [3.8, 4) is 11.5 Å². The Morgan fingerprint density at radius 1 is 1.04 bits per heavy atom. The lowest BCUT2D eigenvalue weighted by Crippen LogP contribution is -2.42. The van der Waals surface area contributed by atoms with Gasteiger partial charge in [0.15, 0.2) is 0 Å². The Hall–Kier alpha value is -3.15. The summed E-state index contributed by atoms with van der Waals surface area (Å²) in [4.78, 5) is 28.7. The van der Waals surface area contributed by atoms with Gasteiger partial charge in [-0.1, -0.05) is 18.2 Å². The lowest BCUT2D eigenvalue weighted by Gasteiger charge is -2.14. The fourth-order valence-electron chi connectivity index (χ4n) is 2.14. The molecule has 0 aliphatic carbocycles. The Bertz CT molecular complexity index is 798. The van der Waals surface area contributed by atoms with Gasteiger partial charge in [-0.3, -0.25) is 0 Å². The van der Waals surface area contributed by atoms with Crippen molar-refractivity contribution in [1.29, 1.82) is 0 Å². The van der Waals surface area contributed by atoms with Gasteiger partial charge in [-0.25, -0.2) is 14.6 Å². The predicted octanol–water partition coefficient (Wildman–Crippen LogP) is 2.36. The van der Waals surface area contributed by atoms with Crippen molar-refractivity contribution in [3.63, 3.8) is 0 Å². The molecule has 6 nitrogen and oxygen atoms in total. The highest BCUT2D eigenvalue weighted by molar-refractivity contribution is 6.17. The van der Waals surface area contributed by atoms with Crippen molar-refractivity contribution in [2.45, 2.75) is 12.5 Å². The van der Waals surface area contributed by atoms with E-state index in [1.54, 1.807) is 61.7 Å². The van der Waals surface area contributed by atoms with Gasteiger partial charge in [-0.15, -0.1) is 0 Å². The van der Waals surface area contributed by atoms with Crippen molar-refractivity contribution in [2.75, 3.05) is 7.11 Å². The van der Waals surface area contributed by atoms with E-state index in [1.807, 2.05) is 0 Å². The number of nitrogens with zero attached hydrogens (tertiary/aromatic N) is 1. The largest absolute Gasteiger partial charge is 0.497 e. The monoisotopic (exact) mass is 325 g/mol. The Kier molecular flexibility index (Phi) is 4.04. The molecule has 6 heteroatoms. The molecule has 2 aromatic carbocycles. The number of hydrogen-bond donors (Lipinski definition) is 0. The van der Waals surface area contributed by atoms with Crippen molar-refractivity contribution in [3.05, 3.63) is 60.2 Å². The molecule has 0 N–H and O–H groups in total. The van der Waals surface area contributed by atoms with Crippen molar-refractivity contribution in [2.24, 2.45) is 4.99 Å². The van der Waals surface area contributed by atoms with Crippen LogP contribution in [0.3, 0.4) is 0 Å². The van der Waals surface area contributed by atoms with Crippen molar-refractivity contribution in [1.82, 2.24) is 0 Å². The number of ether oxygens (including phenoxy) is 3. The standard InChI is InChI=1S/C18H15NO5/c1-18(16(20)23-14-6-4-3-5-7-14)17(21)24-15(19-18)12-8-10-13(22-2)11-9-12/h3-11H,1-2H3/t18-/m1/s1. The molecular formula is C18H15NO5. The summed E-state index contributed by atoms with van der Waals surface area (Å²) in [6.45, 7) is 1.37. The molecule has 1 heterocycles. The third kappa shape index (κ3) is 2.86. The second-order valence-electron chi connectivity index (χ2n) is 5.31. The Morgan fingerprint density at radius 2 is 1.71 bits per heavy atom. The molecule has 3 rings (SSSR count). The van der Waals surface area contributed by atoms with Crippen LogP contribution in [0, 0.1) is 0 Å². The highest BCUT2D eigenvalue weighted by atomic mass is 16.6. The summed E-state index contributed by atoms with van der Waals surface area (Å²) < 4.78 is 15.5. The van der Waals surface area contributed by atoms with E-state index in [1.165, 1.54) is 6.92 Å². The SMILES string of the molecule is COc1ccc(C2=N[C@](C)(C(=O)Oc3ccccc3)C(=O)O2)cc1. The molecule has 0 saturated carbocycles. The van der Waals surface area contributed by atoms with E-state index < -0.39 is 17.5 Å².